The molecule has 3 aromatic heterocycles. The Hall–Kier alpha value is -3.00. The number of hydrogen-bond acceptors (Lipinski definition) is 7. The molecule has 0 radical (unpaired) electrons. The van der Waals surface area contributed by atoms with E-state index >= 15 is 0 Å². The Balaban J connectivity index is 1.67. The molecule has 0 bridgehead atoms. The standard InChI is InChI=1S/C16H12N4O3S/c1-22-12-5-3-2-4-10(12)15-18-13(23-19-15)8-20-9-17-11-6-7-24-14(11)16(20)21/h2-7,9H,8H2,1H3. The van der Waals surface area contributed by atoms with Gasteiger partial charge in [0.15, 0.2) is 0 Å². The van der Waals surface area contributed by atoms with Crippen molar-refractivity contribution in [1.82, 2.24) is 19.7 Å². The van der Waals surface area contributed by atoms with Gasteiger partial charge in [-0.2, -0.15) is 4.98 Å². The van der Waals surface area contributed by atoms with Crippen LogP contribution in [0.25, 0.3) is 21.6 Å². The molecule has 0 spiro atoms. The van der Waals surface area contributed by atoms with Crippen LogP contribution in [0.4, 0.5) is 0 Å². The third-order valence-electron chi connectivity index (χ3n) is 3.56. The Kier molecular flexibility index (Phi) is 3.58. The SMILES string of the molecule is COc1ccccc1-c1noc(Cn2cnc3ccsc3c2=O)n1. The van der Waals surface area contributed by atoms with E-state index in [4.69, 9.17) is 9.26 Å². The van der Waals surface area contributed by atoms with E-state index in [-0.39, 0.29) is 12.1 Å². The molecule has 0 aliphatic rings. The lowest BCUT2D eigenvalue weighted by atomic mass is 10.2. The summed E-state index contributed by atoms with van der Waals surface area (Å²) in [5.74, 6) is 1.40. The predicted octanol–water partition coefficient (Wildman–Crippen LogP) is 2.56. The van der Waals surface area contributed by atoms with Crippen molar-refractivity contribution in [2.75, 3.05) is 7.11 Å². The second kappa shape index (κ2) is 5.89. The highest BCUT2D eigenvalue weighted by atomic mass is 32.1. The van der Waals surface area contributed by atoms with Gasteiger partial charge in [0.2, 0.25) is 11.7 Å². The average Bonchev–Trinajstić information content (AvgIpc) is 3.27. The molecule has 0 aliphatic heterocycles. The van der Waals surface area contributed by atoms with Crippen molar-refractivity contribution in [3.05, 3.63) is 58.3 Å². The van der Waals surface area contributed by atoms with Crippen LogP contribution < -0.4 is 10.3 Å². The zero-order valence-corrected chi connectivity index (χ0v) is 13.5. The van der Waals surface area contributed by atoms with Gasteiger partial charge in [0.05, 0.1) is 24.5 Å². The second-order valence-electron chi connectivity index (χ2n) is 5.02. The first-order chi connectivity index (χ1) is 11.8. The minimum atomic E-state index is -0.118. The smallest absolute Gasteiger partial charge is 0.271 e. The molecule has 8 heteroatoms. The summed E-state index contributed by atoms with van der Waals surface area (Å²) in [6.45, 7) is 0.168. The van der Waals surface area contributed by atoms with Gasteiger partial charge in [0.1, 0.15) is 17.0 Å². The Labute approximate surface area is 140 Å². The zero-order valence-electron chi connectivity index (χ0n) is 12.7. The second-order valence-corrected chi connectivity index (χ2v) is 5.94. The molecule has 0 unspecified atom stereocenters. The fourth-order valence-electron chi connectivity index (χ4n) is 2.40. The minimum Gasteiger partial charge on any atom is -0.496 e. The van der Waals surface area contributed by atoms with Crippen LogP contribution in [0.15, 0.2) is 51.4 Å². The van der Waals surface area contributed by atoms with E-state index in [0.717, 1.165) is 5.56 Å². The predicted molar refractivity (Wildman–Crippen MR) is 89.3 cm³/mol. The summed E-state index contributed by atoms with van der Waals surface area (Å²) in [6, 6.07) is 9.22. The highest BCUT2D eigenvalue weighted by Gasteiger charge is 2.14. The van der Waals surface area contributed by atoms with Crippen LogP contribution in [0.2, 0.25) is 0 Å². The molecule has 0 fully saturated rings. The first-order valence-corrected chi connectivity index (χ1v) is 8.03. The van der Waals surface area contributed by atoms with Crippen molar-refractivity contribution < 1.29 is 9.26 Å². The van der Waals surface area contributed by atoms with Gasteiger partial charge in [-0.25, -0.2) is 4.98 Å². The third-order valence-corrected chi connectivity index (χ3v) is 4.45. The summed E-state index contributed by atoms with van der Waals surface area (Å²) in [5, 5.41) is 5.82. The number of methoxy groups -OCH3 is 1. The van der Waals surface area contributed by atoms with E-state index in [1.165, 1.54) is 22.2 Å². The van der Waals surface area contributed by atoms with Crippen molar-refractivity contribution in [3.8, 4) is 17.1 Å². The maximum atomic E-state index is 12.4. The summed E-state index contributed by atoms with van der Waals surface area (Å²) in [5.41, 5.74) is 1.31. The van der Waals surface area contributed by atoms with E-state index in [9.17, 15) is 4.79 Å². The van der Waals surface area contributed by atoms with Crippen LogP contribution in [0.5, 0.6) is 5.75 Å². The molecule has 7 nitrogen and oxygen atoms in total. The van der Waals surface area contributed by atoms with Gasteiger partial charge < -0.3 is 9.26 Å². The largest absolute Gasteiger partial charge is 0.496 e. The van der Waals surface area contributed by atoms with Gasteiger partial charge in [-0.1, -0.05) is 17.3 Å². The third kappa shape index (κ3) is 2.46. The number of benzene rings is 1. The molecular formula is C16H12N4O3S. The lowest BCUT2D eigenvalue weighted by Gasteiger charge is -2.03. The summed E-state index contributed by atoms with van der Waals surface area (Å²) in [4.78, 5) is 21.0. The molecule has 0 atom stereocenters. The molecule has 0 saturated carbocycles. The number of nitrogens with zero attached hydrogens (tertiary/aromatic N) is 4. The number of aromatic nitrogens is 4. The summed E-state index contributed by atoms with van der Waals surface area (Å²) >= 11 is 1.37. The number of fused-ring (bicyclic) bond motifs is 1. The molecule has 0 aliphatic carbocycles. The van der Waals surface area contributed by atoms with Crippen molar-refractivity contribution >= 4 is 21.6 Å². The molecule has 120 valence electrons. The zero-order chi connectivity index (χ0) is 16.5. The maximum Gasteiger partial charge on any atom is 0.271 e. The van der Waals surface area contributed by atoms with E-state index in [0.29, 0.717) is 27.7 Å². The van der Waals surface area contributed by atoms with E-state index in [1.807, 2.05) is 35.7 Å². The fourth-order valence-corrected chi connectivity index (χ4v) is 3.19. The molecule has 0 saturated heterocycles. The number of hydrogen-bond donors (Lipinski definition) is 0. The number of thiophene rings is 1. The van der Waals surface area contributed by atoms with Gasteiger partial charge in [0.25, 0.3) is 5.56 Å². The number of ether oxygens (including phenoxy) is 1. The highest BCUT2D eigenvalue weighted by Crippen LogP contribution is 2.27. The quantitative estimate of drug-likeness (QED) is 0.568. The lowest BCUT2D eigenvalue weighted by Crippen LogP contribution is -2.20. The molecule has 1 aromatic carbocycles. The van der Waals surface area contributed by atoms with Gasteiger partial charge in [-0.3, -0.25) is 9.36 Å². The Morgan fingerprint density at radius 2 is 2.17 bits per heavy atom. The van der Waals surface area contributed by atoms with Crippen LogP contribution in [0, 0.1) is 0 Å². The van der Waals surface area contributed by atoms with Crippen LogP contribution in [-0.2, 0) is 6.54 Å². The fraction of sp³-hybridized carbons (Fsp3) is 0.125. The maximum absolute atomic E-state index is 12.4. The Bertz CT molecular complexity index is 1070. The Morgan fingerprint density at radius 1 is 1.29 bits per heavy atom. The first-order valence-electron chi connectivity index (χ1n) is 7.15. The normalized spacial score (nSPS) is 11.0. The van der Waals surface area contributed by atoms with Gasteiger partial charge in [0, 0.05) is 0 Å². The molecule has 0 N–H and O–H groups in total. The lowest BCUT2D eigenvalue weighted by molar-refractivity contribution is 0.369. The molecule has 3 heterocycles. The van der Waals surface area contributed by atoms with Crippen molar-refractivity contribution in [1.29, 1.82) is 0 Å². The number of para-hydroxylation sites is 1. The van der Waals surface area contributed by atoms with Crippen LogP contribution >= 0.6 is 11.3 Å². The van der Waals surface area contributed by atoms with Crippen molar-refractivity contribution in [3.63, 3.8) is 0 Å². The summed E-state index contributed by atoms with van der Waals surface area (Å²) in [6.07, 6.45) is 1.49. The first kappa shape index (κ1) is 14.6. The van der Waals surface area contributed by atoms with Gasteiger partial charge >= 0.3 is 0 Å². The van der Waals surface area contributed by atoms with E-state index < -0.39 is 0 Å². The summed E-state index contributed by atoms with van der Waals surface area (Å²) in [7, 11) is 1.58. The molecule has 4 aromatic rings. The monoisotopic (exact) mass is 340 g/mol. The van der Waals surface area contributed by atoms with Crippen molar-refractivity contribution in [2.24, 2.45) is 0 Å². The molecular weight excluding hydrogens is 328 g/mol. The topological polar surface area (TPSA) is 83.0 Å². The average molecular weight is 340 g/mol. The van der Waals surface area contributed by atoms with E-state index in [2.05, 4.69) is 15.1 Å². The summed E-state index contributed by atoms with van der Waals surface area (Å²) < 4.78 is 12.6. The van der Waals surface area contributed by atoms with Crippen LogP contribution in [-0.4, -0.2) is 26.8 Å². The molecule has 24 heavy (non-hydrogen) atoms. The van der Waals surface area contributed by atoms with Gasteiger partial charge in [-0.15, -0.1) is 11.3 Å². The Morgan fingerprint density at radius 3 is 3.04 bits per heavy atom. The van der Waals surface area contributed by atoms with E-state index in [1.54, 1.807) is 7.11 Å². The van der Waals surface area contributed by atoms with Gasteiger partial charge in [-0.05, 0) is 23.6 Å². The number of rotatable bonds is 4. The molecule has 0 amide bonds. The minimum absolute atomic E-state index is 0.118. The molecule has 4 rings (SSSR count). The van der Waals surface area contributed by atoms with Crippen molar-refractivity contribution in [2.45, 2.75) is 6.54 Å². The van der Waals surface area contributed by atoms with Crippen LogP contribution in [0.1, 0.15) is 5.89 Å². The highest BCUT2D eigenvalue weighted by molar-refractivity contribution is 7.17. The van der Waals surface area contributed by atoms with Crippen LogP contribution in [0.3, 0.4) is 0 Å².